The second kappa shape index (κ2) is 5.76. The summed E-state index contributed by atoms with van der Waals surface area (Å²) in [6.07, 6.45) is 0.639. The van der Waals surface area contributed by atoms with Gasteiger partial charge in [0.05, 0.1) is 17.1 Å². The number of hydrogen-bond donors (Lipinski definition) is 0. The molecule has 7 heteroatoms. The summed E-state index contributed by atoms with van der Waals surface area (Å²) in [5.41, 5.74) is -0.346. The summed E-state index contributed by atoms with van der Waals surface area (Å²) in [6.45, 7) is 2.47. The van der Waals surface area contributed by atoms with E-state index in [0.29, 0.717) is 6.61 Å². The maximum Gasteiger partial charge on any atom is 0.300 e. The van der Waals surface area contributed by atoms with Crippen molar-refractivity contribution in [3.05, 3.63) is 38.9 Å². The molecular formula is C13H15ClN2O4. The number of para-hydroxylation sites is 1. The van der Waals surface area contributed by atoms with E-state index in [2.05, 4.69) is 0 Å². The van der Waals surface area contributed by atoms with E-state index in [-0.39, 0.29) is 28.4 Å². The van der Waals surface area contributed by atoms with Crippen LogP contribution in [0.15, 0.2) is 18.2 Å². The Hall–Kier alpha value is -1.66. The second-order valence-corrected chi connectivity index (χ2v) is 5.15. The van der Waals surface area contributed by atoms with Crippen LogP contribution in [0.4, 0.5) is 5.69 Å². The first-order valence-corrected chi connectivity index (χ1v) is 6.63. The Bertz CT molecular complexity index is 549. The molecule has 108 valence electrons. The number of halogens is 1. The summed E-state index contributed by atoms with van der Waals surface area (Å²) in [5, 5.41) is 11.0. The third kappa shape index (κ3) is 2.62. The van der Waals surface area contributed by atoms with Crippen LogP contribution in [0.5, 0.6) is 0 Å². The van der Waals surface area contributed by atoms with Crippen molar-refractivity contribution in [3.63, 3.8) is 0 Å². The molecule has 0 bridgehead atoms. The van der Waals surface area contributed by atoms with Crippen LogP contribution in [-0.4, -0.2) is 41.5 Å². The highest BCUT2D eigenvalue weighted by Crippen LogP contribution is 2.30. The predicted octanol–water partition coefficient (Wildman–Crippen LogP) is 2.50. The monoisotopic (exact) mass is 298 g/mol. The van der Waals surface area contributed by atoms with Gasteiger partial charge in [-0.3, -0.25) is 14.9 Å². The van der Waals surface area contributed by atoms with Crippen molar-refractivity contribution in [2.45, 2.75) is 25.5 Å². The molecule has 1 fully saturated rings. The van der Waals surface area contributed by atoms with Gasteiger partial charge in [0.15, 0.2) is 0 Å². The Morgan fingerprint density at radius 3 is 2.80 bits per heavy atom. The van der Waals surface area contributed by atoms with Crippen molar-refractivity contribution in [2.24, 2.45) is 0 Å². The summed E-state index contributed by atoms with van der Waals surface area (Å²) >= 11 is 5.82. The van der Waals surface area contributed by atoms with Gasteiger partial charge < -0.3 is 9.64 Å². The molecule has 0 spiro atoms. The van der Waals surface area contributed by atoms with Gasteiger partial charge in [0.2, 0.25) is 0 Å². The fraction of sp³-hybridized carbons (Fsp3) is 0.462. The van der Waals surface area contributed by atoms with Gasteiger partial charge in [-0.05, 0) is 25.5 Å². The average molecular weight is 299 g/mol. The Kier molecular flexibility index (Phi) is 4.25. The number of amides is 1. The lowest BCUT2D eigenvalue weighted by Crippen LogP contribution is -2.41. The Labute approximate surface area is 121 Å². The minimum absolute atomic E-state index is 0.00380. The van der Waals surface area contributed by atoms with Crippen LogP contribution in [0.2, 0.25) is 5.02 Å². The molecule has 1 saturated heterocycles. The SMILES string of the molecule is CC1OCCC1N(C)C(=O)c1cccc(Cl)c1[N+](=O)[O-]. The number of ether oxygens (including phenoxy) is 1. The molecule has 2 rings (SSSR count). The van der Waals surface area contributed by atoms with E-state index in [1.807, 2.05) is 6.92 Å². The molecule has 6 nitrogen and oxygen atoms in total. The van der Waals surface area contributed by atoms with Gasteiger partial charge in [0, 0.05) is 13.7 Å². The number of nitro benzene ring substituents is 1. The predicted molar refractivity (Wildman–Crippen MR) is 74.0 cm³/mol. The molecule has 1 amide bonds. The first-order valence-electron chi connectivity index (χ1n) is 6.25. The molecule has 1 heterocycles. The van der Waals surface area contributed by atoms with Crippen molar-refractivity contribution < 1.29 is 14.5 Å². The second-order valence-electron chi connectivity index (χ2n) is 4.74. The molecule has 0 aliphatic carbocycles. The van der Waals surface area contributed by atoms with E-state index in [1.165, 1.54) is 23.1 Å². The summed E-state index contributed by atoms with van der Waals surface area (Å²) in [6, 6.07) is 4.27. The van der Waals surface area contributed by atoms with Gasteiger partial charge in [-0.1, -0.05) is 17.7 Å². The topological polar surface area (TPSA) is 72.7 Å². The molecular weight excluding hydrogens is 284 g/mol. The smallest absolute Gasteiger partial charge is 0.300 e. The molecule has 0 aromatic heterocycles. The number of benzene rings is 1. The Morgan fingerprint density at radius 2 is 2.25 bits per heavy atom. The first-order chi connectivity index (χ1) is 9.43. The van der Waals surface area contributed by atoms with E-state index in [0.717, 1.165) is 6.42 Å². The molecule has 1 aromatic carbocycles. The normalized spacial score (nSPS) is 21.8. The van der Waals surface area contributed by atoms with E-state index in [4.69, 9.17) is 16.3 Å². The Morgan fingerprint density at radius 1 is 1.55 bits per heavy atom. The van der Waals surface area contributed by atoms with E-state index < -0.39 is 10.8 Å². The largest absolute Gasteiger partial charge is 0.376 e. The molecule has 1 aromatic rings. The molecule has 2 atom stereocenters. The lowest BCUT2D eigenvalue weighted by atomic mass is 10.1. The molecule has 2 unspecified atom stereocenters. The maximum atomic E-state index is 12.5. The van der Waals surface area contributed by atoms with Gasteiger partial charge in [0.1, 0.15) is 10.6 Å². The first kappa shape index (κ1) is 14.7. The number of carbonyl (C=O) groups excluding carboxylic acids is 1. The third-order valence-corrected chi connectivity index (χ3v) is 3.86. The Balaban J connectivity index is 2.34. The van der Waals surface area contributed by atoms with Gasteiger partial charge in [-0.15, -0.1) is 0 Å². The maximum absolute atomic E-state index is 12.5. The minimum atomic E-state index is -0.627. The van der Waals surface area contributed by atoms with Crippen molar-refractivity contribution in [1.29, 1.82) is 0 Å². The van der Waals surface area contributed by atoms with Crippen LogP contribution >= 0.6 is 11.6 Å². The van der Waals surface area contributed by atoms with Crippen LogP contribution in [0, 0.1) is 10.1 Å². The van der Waals surface area contributed by atoms with Gasteiger partial charge in [-0.2, -0.15) is 0 Å². The number of rotatable bonds is 3. The summed E-state index contributed by atoms with van der Waals surface area (Å²) in [4.78, 5) is 24.4. The molecule has 0 radical (unpaired) electrons. The fourth-order valence-electron chi connectivity index (χ4n) is 2.44. The highest BCUT2D eigenvalue weighted by Gasteiger charge is 2.34. The standard InChI is InChI=1S/C13H15ClN2O4/c1-8-11(6-7-20-8)15(2)13(17)9-4-3-5-10(14)12(9)16(18)19/h3-5,8,11H,6-7H2,1-2H3. The number of nitro groups is 1. The third-order valence-electron chi connectivity index (χ3n) is 3.55. The fourth-order valence-corrected chi connectivity index (χ4v) is 2.69. The van der Waals surface area contributed by atoms with Gasteiger partial charge in [-0.25, -0.2) is 0 Å². The van der Waals surface area contributed by atoms with E-state index in [1.54, 1.807) is 7.05 Å². The lowest BCUT2D eigenvalue weighted by molar-refractivity contribution is -0.385. The number of nitrogens with zero attached hydrogens (tertiary/aromatic N) is 2. The lowest BCUT2D eigenvalue weighted by Gasteiger charge is -2.26. The number of carbonyl (C=O) groups is 1. The van der Waals surface area contributed by atoms with Crippen LogP contribution in [-0.2, 0) is 4.74 Å². The summed E-state index contributed by atoms with van der Waals surface area (Å²) in [5.74, 6) is -0.415. The quantitative estimate of drug-likeness (QED) is 0.635. The van der Waals surface area contributed by atoms with Gasteiger partial charge >= 0.3 is 5.69 Å². The minimum Gasteiger partial charge on any atom is -0.376 e. The average Bonchev–Trinajstić information content (AvgIpc) is 2.82. The van der Waals surface area contributed by atoms with Crippen LogP contribution in [0.3, 0.4) is 0 Å². The van der Waals surface area contributed by atoms with Crippen LogP contribution in [0.1, 0.15) is 23.7 Å². The zero-order chi connectivity index (χ0) is 14.9. The van der Waals surface area contributed by atoms with Crippen molar-refractivity contribution >= 4 is 23.2 Å². The highest BCUT2D eigenvalue weighted by atomic mass is 35.5. The highest BCUT2D eigenvalue weighted by molar-refractivity contribution is 6.33. The zero-order valence-electron chi connectivity index (χ0n) is 11.2. The van der Waals surface area contributed by atoms with Crippen LogP contribution < -0.4 is 0 Å². The van der Waals surface area contributed by atoms with Crippen molar-refractivity contribution in [1.82, 2.24) is 4.90 Å². The molecule has 1 aliphatic heterocycles. The molecule has 20 heavy (non-hydrogen) atoms. The van der Waals surface area contributed by atoms with Crippen LogP contribution in [0.25, 0.3) is 0 Å². The number of likely N-dealkylation sites (N-methyl/N-ethyl adjacent to an activating group) is 1. The van der Waals surface area contributed by atoms with Crippen molar-refractivity contribution in [3.8, 4) is 0 Å². The number of hydrogen-bond acceptors (Lipinski definition) is 4. The molecule has 1 aliphatic rings. The van der Waals surface area contributed by atoms with E-state index >= 15 is 0 Å². The molecule has 0 N–H and O–H groups in total. The summed E-state index contributed by atoms with van der Waals surface area (Å²) < 4.78 is 5.42. The van der Waals surface area contributed by atoms with Gasteiger partial charge in [0.25, 0.3) is 5.91 Å². The molecule has 0 saturated carbocycles. The summed E-state index contributed by atoms with van der Waals surface area (Å²) in [7, 11) is 1.63. The van der Waals surface area contributed by atoms with Crippen molar-refractivity contribution in [2.75, 3.05) is 13.7 Å². The zero-order valence-corrected chi connectivity index (χ0v) is 12.0. The van der Waals surface area contributed by atoms with E-state index in [9.17, 15) is 14.9 Å².